The van der Waals surface area contributed by atoms with Gasteiger partial charge in [-0.1, -0.05) is 36.6 Å². The monoisotopic (exact) mass is 549 g/mol. The molecule has 0 amide bonds. The molecule has 0 radical (unpaired) electrons. The number of aliphatic imine (C=N–C) groups is 1. The number of hydroxylamine groups is 1. The second-order valence-corrected chi connectivity index (χ2v) is 11.8. The summed E-state index contributed by atoms with van der Waals surface area (Å²) < 4.78 is 33.0. The summed E-state index contributed by atoms with van der Waals surface area (Å²) in [5, 5.41) is 14.6. The van der Waals surface area contributed by atoms with Crippen molar-refractivity contribution >= 4 is 21.7 Å². The number of hydrogen-bond acceptors (Lipinski definition) is 8. The molecule has 2 fully saturated rings. The van der Waals surface area contributed by atoms with Crippen molar-refractivity contribution in [2.75, 3.05) is 63.6 Å². The maximum absolute atomic E-state index is 13.2. The molecule has 0 unspecified atom stereocenters. The summed E-state index contributed by atoms with van der Waals surface area (Å²) in [7, 11) is -3.51. The van der Waals surface area contributed by atoms with Gasteiger partial charge in [-0.05, 0) is 43.7 Å². The third-order valence-electron chi connectivity index (χ3n) is 6.89. The first kappa shape index (κ1) is 30.2. The molecule has 0 aromatic carbocycles. The highest BCUT2D eigenvalue weighted by Crippen LogP contribution is 2.24. The van der Waals surface area contributed by atoms with Crippen LogP contribution in [0, 0.1) is 17.4 Å². The van der Waals surface area contributed by atoms with E-state index in [0.717, 1.165) is 50.9 Å². The minimum absolute atomic E-state index is 0.0783. The molecule has 0 bridgehead atoms. The lowest BCUT2D eigenvalue weighted by molar-refractivity contribution is -0.107. The fourth-order valence-electron chi connectivity index (χ4n) is 4.65. The van der Waals surface area contributed by atoms with Crippen LogP contribution in [0.4, 0.5) is 5.69 Å². The quantitative estimate of drug-likeness (QED) is 0.0846. The number of morpholine rings is 1. The Morgan fingerprint density at radius 3 is 2.63 bits per heavy atom. The lowest BCUT2D eigenvalue weighted by Crippen LogP contribution is -2.44. The largest absolute Gasteiger partial charge is 0.379 e. The minimum Gasteiger partial charge on any atom is -0.379 e. The second kappa shape index (κ2) is 17.3. The van der Waals surface area contributed by atoms with Gasteiger partial charge in [0.15, 0.2) is 6.19 Å². The second-order valence-electron chi connectivity index (χ2n) is 9.84. The van der Waals surface area contributed by atoms with Gasteiger partial charge in [0.25, 0.3) is 0 Å². The van der Waals surface area contributed by atoms with Gasteiger partial charge in [0.1, 0.15) is 0 Å². The molecular weight excluding hydrogens is 506 g/mol. The van der Waals surface area contributed by atoms with Gasteiger partial charge < -0.3 is 10.1 Å². The standard InChI is InChI=1S/C26H43N7O4S/c27-23-30-26(31-25-10-13-28-14-11-25)29-12-6-1-2-7-21-38(34,35)33(16-15-32-17-19-36-20-18-32)37-22-24-8-4-3-5-9-24/h10-11,13-14,24H,1-9,12,15-22H2,(H2,28,29,30,31). The zero-order valence-electron chi connectivity index (χ0n) is 22.4. The lowest BCUT2D eigenvalue weighted by atomic mass is 9.90. The van der Waals surface area contributed by atoms with Gasteiger partial charge in [-0.15, -0.1) is 0 Å². The fourth-order valence-corrected chi connectivity index (χ4v) is 6.01. The van der Waals surface area contributed by atoms with Gasteiger partial charge in [-0.3, -0.25) is 25.0 Å². The Kier molecular flexibility index (Phi) is 13.8. The van der Waals surface area contributed by atoms with E-state index in [0.29, 0.717) is 57.8 Å². The SMILES string of the molecule is N#CNC(=NCCCCCCS(=O)(=O)N(CCN1CCOCC1)OCC1CCCCC1)Nc1ccncc1. The molecule has 1 aromatic heterocycles. The number of pyridine rings is 1. The molecule has 11 nitrogen and oxygen atoms in total. The molecule has 212 valence electrons. The molecular formula is C26H43N7O4S. The van der Waals surface area contributed by atoms with Gasteiger partial charge in [-0.2, -0.15) is 5.26 Å². The van der Waals surface area contributed by atoms with Crippen molar-refractivity contribution in [3.05, 3.63) is 24.5 Å². The summed E-state index contributed by atoms with van der Waals surface area (Å²) in [6, 6.07) is 3.58. The third kappa shape index (κ3) is 11.6. The van der Waals surface area contributed by atoms with Gasteiger partial charge >= 0.3 is 0 Å². The Balaban J connectivity index is 1.40. The van der Waals surface area contributed by atoms with E-state index in [1.807, 2.05) is 6.19 Å². The molecule has 1 saturated carbocycles. The van der Waals surface area contributed by atoms with E-state index in [1.54, 1.807) is 24.5 Å². The van der Waals surface area contributed by atoms with Crippen molar-refractivity contribution in [3.8, 4) is 6.19 Å². The van der Waals surface area contributed by atoms with E-state index >= 15 is 0 Å². The zero-order chi connectivity index (χ0) is 26.9. The van der Waals surface area contributed by atoms with E-state index in [2.05, 4.69) is 25.5 Å². The summed E-state index contributed by atoms with van der Waals surface area (Å²) in [6.45, 7) is 5.03. The van der Waals surface area contributed by atoms with Crippen LogP contribution in [0.15, 0.2) is 29.5 Å². The highest BCUT2D eigenvalue weighted by atomic mass is 32.2. The molecule has 0 atom stereocenters. The summed E-state index contributed by atoms with van der Waals surface area (Å²) in [5.74, 6) is 0.903. The van der Waals surface area contributed by atoms with Crippen LogP contribution in [-0.4, -0.2) is 87.0 Å². The van der Waals surface area contributed by atoms with Crippen molar-refractivity contribution < 1.29 is 18.0 Å². The van der Waals surface area contributed by atoms with Crippen molar-refractivity contribution in [3.63, 3.8) is 0 Å². The van der Waals surface area contributed by atoms with E-state index in [-0.39, 0.29) is 5.75 Å². The van der Waals surface area contributed by atoms with Gasteiger partial charge in [-0.25, -0.2) is 8.42 Å². The summed E-state index contributed by atoms with van der Waals surface area (Å²) in [6.07, 6.45) is 14.1. The average Bonchev–Trinajstić information content (AvgIpc) is 2.94. The first-order valence-electron chi connectivity index (χ1n) is 13.9. The van der Waals surface area contributed by atoms with E-state index in [4.69, 9.17) is 14.8 Å². The summed E-state index contributed by atoms with van der Waals surface area (Å²) in [5.41, 5.74) is 0.788. The van der Waals surface area contributed by atoms with Crippen LogP contribution in [0.1, 0.15) is 57.8 Å². The van der Waals surface area contributed by atoms with E-state index in [9.17, 15) is 8.42 Å². The number of rotatable bonds is 15. The molecule has 38 heavy (non-hydrogen) atoms. The number of nitrogens with one attached hydrogen (secondary N) is 2. The highest BCUT2D eigenvalue weighted by molar-refractivity contribution is 7.88. The Hall–Kier alpha value is -2.30. The maximum Gasteiger partial charge on any atom is 0.236 e. The van der Waals surface area contributed by atoms with Crippen molar-refractivity contribution in [2.45, 2.75) is 57.8 Å². The molecule has 1 aromatic rings. The van der Waals surface area contributed by atoms with Crippen molar-refractivity contribution in [1.82, 2.24) is 19.7 Å². The number of nitrogens with zero attached hydrogens (tertiary/aromatic N) is 5. The van der Waals surface area contributed by atoms with Gasteiger partial charge in [0.2, 0.25) is 16.0 Å². The van der Waals surface area contributed by atoms with E-state index in [1.165, 1.54) is 23.7 Å². The molecule has 3 rings (SSSR count). The zero-order valence-corrected chi connectivity index (χ0v) is 23.2. The average molecular weight is 550 g/mol. The number of hydrogen-bond donors (Lipinski definition) is 2. The number of sulfonamides is 1. The number of aromatic nitrogens is 1. The normalized spacial score (nSPS) is 17.8. The van der Waals surface area contributed by atoms with Crippen LogP contribution in [-0.2, 0) is 19.6 Å². The summed E-state index contributed by atoms with van der Waals surface area (Å²) >= 11 is 0. The van der Waals surface area contributed by atoms with Crippen molar-refractivity contribution in [1.29, 1.82) is 5.26 Å². The molecule has 2 N–H and O–H groups in total. The number of nitriles is 1. The molecule has 1 aliphatic heterocycles. The smallest absolute Gasteiger partial charge is 0.236 e. The molecule has 2 heterocycles. The maximum atomic E-state index is 13.2. The number of ether oxygens (including phenoxy) is 1. The number of unbranched alkanes of at least 4 members (excludes halogenated alkanes) is 3. The number of guanidine groups is 1. The highest BCUT2D eigenvalue weighted by Gasteiger charge is 2.26. The predicted octanol–water partition coefficient (Wildman–Crippen LogP) is 2.96. The Morgan fingerprint density at radius 1 is 1.16 bits per heavy atom. The van der Waals surface area contributed by atoms with Crippen LogP contribution in [0.3, 0.4) is 0 Å². The first-order chi connectivity index (χ1) is 18.6. The lowest BCUT2D eigenvalue weighted by Gasteiger charge is -2.30. The minimum atomic E-state index is -3.51. The van der Waals surface area contributed by atoms with Gasteiger partial charge in [0.05, 0.1) is 32.1 Å². The van der Waals surface area contributed by atoms with Gasteiger partial charge in [0, 0.05) is 44.3 Å². The Labute approximate surface area is 227 Å². The van der Waals surface area contributed by atoms with Crippen LogP contribution in [0.2, 0.25) is 0 Å². The predicted molar refractivity (Wildman–Crippen MR) is 148 cm³/mol. The topological polar surface area (TPSA) is 132 Å². The Morgan fingerprint density at radius 2 is 1.89 bits per heavy atom. The summed E-state index contributed by atoms with van der Waals surface area (Å²) in [4.78, 5) is 16.6. The molecule has 2 aliphatic rings. The van der Waals surface area contributed by atoms with Crippen molar-refractivity contribution in [2.24, 2.45) is 10.9 Å². The third-order valence-corrected chi connectivity index (χ3v) is 8.60. The molecule has 0 spiro atoms. The van der Waals surface area contributed by atoms with Crippen LogP contribution < -0.4 is 10.6 Å². The molecule has 12 heteroatoms. The first-order valence-corrected chi connectivity index (χ1v) is 15.5. The van der Waals surface area contributed by atoms with Crippen LogP contribution in [0.5, 0.6) is 0 Å². The molecule has 1 aliphatic carbocycles. The number of anilines is 1. The van der Waals surface area contributed by atoms with E-state index < -0.39 is 10.0 Å². The van der Waals surface area contributed by atoms with Crippen LogP contribution in [0.25, 0.3) is 0 Å². The molecule has 1 saturated heterocycles. The fraction of sp³-hybridized carbons (Fsp3) is 0.731. The van der Waals surface area contributed by atoms with Crippen LogP contribution >= 0.6 is 0 Å². The Bertz CT molecular complexity index is 938.